The highest BCUT2D eigenvalue weighted by molar-refractivity contribution is 6.10. The van der Waals surface area contributed by atoms with Crippen molar-refractivity contribution in [2.24, 2.45) is 0 Å². The molecule has 3 unspecified atom stereocenters. The van der Waals surface area contributed by atoms with Crippen molar-refractivity contribution in [3.8, 4) is 23.0 Å². The summed E-state index contributed by atoms with van der Waals surface area (Å²) < 4.78 is 12.2. The van der Waals surface area contributed by atoms with Crippen LogP contribution in [0.25, 0.3) is 10.8 Å². The van der Waals surface area contributed by atoms with Gasteiger partial charge in [0, 0.05) is 16.5 Å². The smallest absolute Gasteiger partial charge is 0.340 e. The maximum absolute atomic E-state index is 13.1. The molecule has 0 saturated carbocycles. The Hall–Kier alpha value is -4.86. The molecule has 10 nitrogen and oxygen atoms in total. The predicted octanol–water partition coefficient (Wildman–Crippen LogP) is 3.43. The molecule has 0 aromatic heterocycles. The largest absolute Gasteiger partial charge is 0.508 e. The lowest BCUT2D eigenvalue weighted by molar-refractivity contribution is -0.139. The number of carbonyl (C=O) groups is 3. The van der Waals surface area contributed by atoms with E-state index >= 15 is 0 Å². The first kappa shape index (κ1) is 22.6. The average molecular weight is 502 g/mol. The van der Waals surface area contributed by atoms with Crippen LogP contribution in [0, 0.1) is 0 Å². The number of rotatable bonds is 4. The van der Waals surface area contributed by atoms with E-state index in [1.807, 2.05) is 0 Å². The quantitative estimate of drug-likeness (QED) is 0.303. The van der Waals surface area contributed by atoms with E-state index in [0.29, 0.717) is 5.56 Å². The zero-order valence-corrected chi connectivity index (χ0v) is 19.4. The van der Waals surface area contributed by atoms with Crippen molar-refractivity contribution < 1.29 is 44.3 Å². The molecule has 4 aromatic rings. The number of phenols is 2. The van der Waals surface area contributed by atoms with E-state index in [1.165, 1.54) is 32.0 Å². The van der Waals surface area contributed by atoms with Crippen molar-refractivity contribution in [2.75, 3.05) is 0 Å². The fraction of sp³-hybridized carbons (Fsp3) is 0.185. The first-order chi connectivity index (χ1) is 17.5. The van der Waals surface area contributed by atoms with Crippen LogP contribution in [0.4, 0.5) is 0 Å². The molecule has 0 fully saturated rings. The molecule has 4 aromatic carbocycles. The van der Waals surface area contributed by atoms with Crippen LogP contribution in [0.1, 0.15) is 63.9 Å². The van der Waals surface area contributed by atoms with E-state index in [9.17, 15) is 39.6 Å². The minimum Gasteiger partial charge on any atom is -0.508 e. The van der Waals surface area contributed by atoms with Gasteiger partial charge in [-0.15, -0.1) is 0 Å². The van der Waals surface area contributed by atoms with Gasteiger partial charge in [-0.1, -0.05) is 18.2 Å². The average Bonchev–Trinajstić information content (AvgIpc) is 3.44. The normalized spacial score (nSPS) is 19.1. The summed E-state index contributed by atoms with van der Waals surface area (Å²) in [5, 5.41) is 41.1. The van der Waals surface area contributed by atoms with Crippen LogP contribution in [-0.4, -0.2) is 38.3 Å². The lowest BCUT2D eigenvalue weighted by Crippen LogP contribution is -2.34. The van der Waals surface area contributed by atoms with Gasteiger partial charge in [-0.3, -0.25) is 14.4 Å². The number of carbonyl (C=O) groups excluding carboxylic acids is 1. The molecule has 10 heteroatoms. The molecule has 37 heavy (non-hydrogen) atoms. The molecular formula is C27H18O10. The number of hydrogen-bond donors (Lipinski definition) is 4. The monoisotopic (exact) mass is 502 g/mol. The van der Waals surface area contributed by atoms with Crippen LogP contribution >= 0.6 is 0 Å². The Morgan fingerprint density at radius 2 is 1.49 bits per heavy atom. The van der Waals surface area contributed by atoms with Crippen molar-refractivity contribution >= 4 is 28.7 Å². The van der Waals surface area contributed by atoms with Crippen LogP contribution in [-0.2, 0) is 19.9 Å². The number of esters is 1. The maximum Gasteiger partial charge on any atom is 0.340 e. The molecule has 1 spiro atoms. The zero-order chi connectivity index (χ0) is 26.5. The van der Waals surface area contributed by atoms with Crippen LogP contribution in [0.2, 0.25) is 0 Å². The van der Waals surface area contributed by atoms with Gasteiger partial charge in [0.1, 0.15) is 23.0 Å². The summed E-state index contributed by atoms with van der Waals surface area (Å²) in [7, 11) is 0. The third-order valence-electron chi connectivity index (χ3n) is 7.34. The molecule has 0 aliphatic carbocycles. The number of carboxylic acid groups (broad SMARTS) is 2. The summed E-state index contributed by atoms with van der Waals surface area (Å²) in [5.74, 6) is -7.38. The van der Waals surface area contributed by atoms with Gasteiger partial charge in [0.2, 0.25) is 0 Å². The van der Waals surface area contributed by atoms with Crippen LogP contribution < -0.4 is 10.2 Å². The molecule has 186 valence electrons. The summed E-state index contributed by atoms with van der Waals surface area (Å²) in [5.41, 5.74) is -2.03. The van der Waals surface area contributed by atoms with Crippen molar-refractivity contribution in [2.45, 2.75) is 31.3 Å². The first-order valence-corrected chi connectivity index (χ1v) is 11.3. The van der Waals surface area contributed by atoms with Gasteiger partial charge >= 0.3 is 17.9 Å². The molecule has 3 atom stereocenters. The Morgan fingerprint density at radius 3 is 2.16 bits per heavy atom. The fourth-order valence-electron chi connectivity index (χ4n) is 5.45. The molecule has 2 aliphatic rings. The van der Waals surface area contributed by atoms with Crippen molar-refractivity contribution in [1.82, 2.24) is 0 Å². The van der Waals surface area contributed by atoms with E-state index < -0.39 is 52.3 Å². The number of carboxylic acids is 2. The Kier molecular flexibility index (Phi) is 4.33. The molecule has 0 amide bonds. The van der Waals surface area contributed by atoms with Crippen LogP contribution in [0.15, 0.2) is 41.2 Å². The number of ether oxygens (including phenoxy) is 2. The summed E-state index contributed by atoms with van der Waals surface area (Å²) in [6, 6.07) is 9.08. The number of aliphatic carboxylic acids is 2. The van der Waals surface area contributed by atoms with E-state index in [1.54, 1.807) is 18.2 Å². The Balaban J connectivity index is 1.83. The Labute approximate surface area is 207 Å². The highest BCUT2D eigenvalue weighted by Crippen LogP contribution is 2.63. The molecule has 2 aliphatic heterocycles. The number of hydrogen-bond acceptors (Lipinski definition) is 8. The second-order valence-corrected chi connectivity index (χ2v) is 9.26. The molecule has 0 saturated heterocycles. The maximum atomic E-state index is 13.1. The van der Waals surface area contributed by atoms with Gasteiger partial charge in [-0.25, -0.2) is 4.79 Å². The molecule has 0 bridgehead atoms. The standard InChI is InChI=1S/C27H18O10/c1-9(24(31)32)15-14(28)8-7-13-22(15)36-23-16(10(2)25(33)34)20(29)18-17(21(18)30)19(23)27(13)12-6-4-3-5-11(12)26(35)37-27/h3-10,28-29H,1-2H3,(H,31,32)(H,33,34). The Morgan fingerprint density at radius 1 is 0.838 bits per heavy atom. The second kappa shape index (κ2) is 7.10. The summed E-state index contributed by atoms with van der Waals surface area (Å²) >= 11 is 0. The zero-order valence-electron chi connectivity index (χ0n) is 19.4. The lowest BCUT2D eigenvalue weighted by atomic mass is 9.74. The number of benzene rings is 3. The van der Waals surface area contributed by atoms with Crippen molar-refractivity contribution in [3.63, 3.8) is 0 Å². The predicted molar refractivity (Wildman–Crippen MR) is 126 cm³/mol. The number of aromatic hydroxyl groups is 2. The summed E-state index contributed by atoms with van der Waals surface area (Å²) in [6.45, 7) is 2.62. The van der Waals surface area contributed by atoms with Gasteiger partial charge in [-0.05, 0) is 32.0 Å². The Bertz CT molecular complexity index is 1740. The van der Waals surface area contributed by atoms with Gasteiger partial charge in [0.25, 0.3) is 0 Å². The topological polar surface area (TPSA) is 168 Å². The van der Waals surface area contributed by atoms with E-state index in [0.717, 1.165) is 0 Å². The summed E-state index contributed by atoms with van der Waals surface area (Å²) in [4.78, 5) is 50.0. The first-order valence-electron chi connectivity index (χ1n) is 11.3. The highest BCUT2D eigenvalue weighted by atomic mass is 16.6. The lowest BCUT2D eigenvalue weighted by Gasteiger charge is -2.38. The highest BCUT2D eigenvalue weighted by Gasteiger charge is 2.58. The van der Waals surface area contributed by atoms with Crippen molar-refractivity contribution in [3.05, 3.63) is 80.0 Å². The second-order valence-electron chi connectivity index (χ2n) is 9.26. The van der Waals surface area contributed by atoms with Crippen LogP contribution in [0.3, 0.4) is 0 Å². The number of phenolic OH excluding ortho intramolecular Hbond substituents is 2. The minimum atomic E-state index is -1.83. The molecule has 6 rings (SSSR count). The third kappa shape index (κ3) is 2.64. The van der Waals surface area contributed by atoms with E-state index in [4.69, 9.17) is 9.47 Å². The molecule has 2 heterocycles. The molecule has 0 radical (unpaired) electrons. The number of fused-ring (bicyclic) bond motifs is 8. The van der Waals surface area contributed by atoms with E-state index in [2.05, 4.69) is 0 Å². The summed E-state index contributed by atoms with van der Waals surface area (Å²) in [6.07, 6.45) is 0. The van der Waals surface area contributed by atoms with Gasteiger partial charge in [0.05, 0.1) is 39.5 Å². The third-order valence-corrected chi connectivity index (χ3v) is 7.34. The van der Waals surface area contributed by atoms with Gasteiger partial charge in [-0.2, -0.15) is 0 Å². The van der Waals surface area contributed by atoms with Crippen LogP contribution in [0.5, 0.6) is 23.0 Å². The van der Waals surface area contributed by atoms with Gasteiger partial charge < -0.3 is 29.9 Å². The SMILES string of the molecule is CC(C(=O)O)c1c(O)ccc2c1Oc1c(C(C)C(=O)O)c(O)c3c(=O)c3c1C21OC(=O)c2ccccc21. The minimum absolute atomic E-state index is 0.0323. The molecule has 4 N–H and O–H groups in total. The fourth-order valence-corrected chi connectivity index (χ4v) is 5.45. The van der Waals surface area contributed by atoms with Gasteiger partial charge in [0.15, 0.2) is 11.0 Å². The van der Waals surface area contributed by atoms with E-state index in [-0.39, 0.29) is 50.1 Å². The van der Waals surface area contributed by atoms with Crippen molar-refractivity contribution in [1.29, 1.82) is 0 Å². The molecular weight excluding hydrogens is 484 g/mol.